The molecule has 0 spiro atoms. The largest absolute Gasteiger partial charge is 0.466 e. The fourth-order valence-electron chi connectivity index (χ4n) is 1.73. The number of thiophene rings is 1. The molecular weight excluding hydrogens is 284 g/mol. The van der Waals surface area contributed by atoms with Crippen LogP contribution in [0.15, 0.2) is 23.7 Å². The number of carbonyl (C=O) groups excluding carboxylic acids is 1. The Hall–Kier alpha value is -1.59. The zero-order chi connectivity index (χ0) is 13.8. The normalized spacial score (nSPS) is 10.4. The molecule has 0 aromatic carbocycles. The number of halogens is 1. The van der Waals surface area contributed by atoms with Crippen LogP contribution < -0.4 is 5.73 Å². The van der Waals surface area contributed by atoms with Crippen LogP contribution in [-0.2, 0) is 16.0 Å². The van der Waals surface area contributed by atoms with Gasteiger partial charge in [-0.1, -0.05) is 11.6 Å². The average Bonchev–Trinajstić information content (AvgIpc) is 2.77. The number of carbonyl (C=O) groups is 1. The summed E-state index contributed by atoms with van der Waals surface area (Å²) in [5.74, 6) is -0.244. The first-order valence-corrected chi connectivity index (χ1v) is 7.01. The van der Waals surface area contributed by atoms with E-state index in [9.17, 15) is 4.79 Å². The van der Waals surface area contributed by atoms with E-state index in [1.54, 1.807) is 19.2 Å². The number of hydrogen-bond donors (Lipinski definition) is 1. The Morgan fingerprint density at radius 2 is 2.32 bits per heavy atom. The highest BCUT2D eigenvalue weighted by molar-refractivity contribution is 7.10. The summed E-state index contributed by atoms with van der Waals surface area (Å²) < 4.78 is 4.96. The number of hydrogen-bond acceptors (Lipinski definition) is 5. The Morgan fingerprint density at radius 1 is 1.53 bits per heavy atom. The maximum atomic E-state index is 11.5. The molecule has 2 aromatic heterocycles. The van der Waals surface area contributed by atoms with Crippen molar-refractivity contribution in [1.82, 2.24) is 4.98 Å². The van der Waals surface area contributed by atoms with Crippen molar-refractivity contribution < 1.29 is 9.53 Å². The van der Waals surface area contributed by atoms with Gasteiger partial charge in [-0.15, -0.1) is 11.3 Å². The van der Waals surface area contributed by atoms with E-state index in [0.29, 0.717) is 17.4 Å². The molecule has 0 saturated heterocycles. The predicted molar refractivity (Wildman–Crippen MR) is 77.3 cm³/mol. The van der Waals surface area contributed by atoms with Crippen molar-refractivity contribution in [2.75, 3.05) is 12.3 Å². The van der Waals surface area contributed by atoms with Crippen molar-refractivity contribution in [2.45, 2.75) is 13.3 Å². The minimum absolute atomic E-state index is 0.239. The number of nitrogens with two attached hydrogens (primary N) is 1. The first-order chi connectivity index (χ1) is 9.11. The summed E-state index contributed by atoms with van der Waals surface area (Å²) in [6.45, 7) is 2.17. The molecule has 19 heavy (non-hydrogen) atoms. The van der Waals surface area contributed by atoms with E-state index in [4.69, 9.17) is 22.1 Å². The van der Waals surface area contributed by atoms with Crippen LogP contribution in [0.4, 0.5) is 5.69 Å². The molecule has 0 saturated carbocycles. The molecule has 0 fully saturated rings. The van der Waals surface area contributed by atoms with E-state index in [0.717, 1.165) is 16.0 Å². The van der Waals surface area contributed by atoms with Gasteiger partial charge in [0.1, 0.15) is 5.15 Å². The average molecular weight is 297 g/mol. The Bertz CT molecular complexity index is 598. The lowest BCUT2D eigenvalue weighted by atomic mass is 10.1. The summed E-state index contributed by atoms with van der Waals surface area (Å²) in [5, 5.41) is 2.27. The van der Waals surface area contributed by atoms with Gasteiger partial charge < -0.3 is 10.5 Å². The summed E-state index contributed by atoms with van der Waals surface area (Å²) >= 11 is 7.28. The number of anilines is 1. The van der Waals surface area contributed by atoms with E-state index >= 15 is 0 Å². The van der Waals surface area contributed by atoms with Gasteiger partial charge >= 0.3 is 5.97 Å². The summed E-state index contributed by atoms with van der Waals surface area (Å²) in [6.07, 6.45) is 1.86. The molecule has 2 heterocycles. The minimum atomic E-state index is -0.244. The molecule has 100 valence electrons. The standard InChI is InChI=1S/C13H13ClN2O2S/c1-2-18-13(17)6-11-8(3-4-19-11)9-7-16-12(14)5-10(9)15/h3-5,7H,2,6H2,1H3,(H2,15,16). The Morgan fingerprint density at radius 3 is 3.00 bits per heavy atom. The molecule has 4 nitrogen and oxygen atoms in total. The lowest BCUT2D eigenvalue weighted by Crippen LogP contribution is -2.07. The van der Waals surface area contributed by atoms with E-state index in [2.05, 4.69) is 4.98 Å². The monoisotopic (exact) mass is 296 g/mol. The summed E-state index contributed by atoms with van der Waals surface area (Å²) in [7, 11) is 0. The van der Waals surface area contributed by atoms with E-state index in [1.165, 1.54) is 11.3 Å². The molecule has 0 aliphatic carbocycles. The van der Waals surface area contributed by atoms with Gasteiger partial charge in [0.15, 0.2) is 0 Å². The van der Waals surface area contributed by atoms with E-state index in [-0.39, 0.29) is 12.4 Å². The van der Waals surface area contributed by atoms with Gasteiger partial charge in [-0.25, -0.2) is 4.98 Å². The first kappa shape index (κ1) is 13.8. The molecule has 0 radical (unpaired) electrons. The van der Waals surface area contributed by atoms with Gasteiger partial charge in [-0.05, 0) is 30.0 Å². The van der Waals surface area contributed by atoms with Crippen LogP contribution in [0.25, 0.3) is 11.1 Å². The number of nitrogens with zero attached hydrogens (tertiary/aromatic N) is 1. The van der Waals surface area contributed by atoms with E-state index < -0.39 is 0 Å². The second-order valence-corrected chi connectivity index (χ2v) is 5.22. The highest BCUT2D eigenvalue weighted by Crippen LogP contribution is 2.33. The number of pyridine rings is 1. The zero-order valence-corrected chi connectivity index (χ0v) is 11.9. The minimum Gasteiger partial charge on any atom is -0.466 e. The van der Waals surface area contributed by atoms with Gasteiger partial charge in [0.05, 0.1) is 13.0 Å². The van der Waals surface area contributed by atoms with Crippen LogP contribution in [-0.4, -0.2) is 17.6 Å². The summed E-state index contributed by atoms with van der Waals surface area (Å²) in [5.41, 5.74) is 8.16. The quantitative estimate of drug-likeness (QED) is 0.695. The van der Waals surface area contributed by atoms with Gasteiger partial charge in [0, 0.05) is 22.3 Å². The fourth-order valence-corrected chi connectivity index (χ4v) is 2.77. The number of nitrogen functional groups attached to an aromatic ring is 1. The van der Waals surface area contributed by atoms with Gasteiger partial charge in [0.2, 0.25) is 0 Å². The predicted octanol–water partition coefficient (Wildman–Crippen LogP) is 3.15. The zero-order valence-electron chi connectivity index (χ0n) is 10.4. The van der Waals surface area contributed by atoms with Crippen LogP contribution in [0.3, 0.4) is 0 Å². The smallest absolute Gasteiger partial charge is 0.311 e. The van der Waals surface area contributed by atoms with Crippen LogP contribution in [0.2, 0.25) is 5.15 Å². The van der Waals surface area contributed by atoms with Crippen molar-refractivity contribution >= 4 is 34.6 Å². The topological polar surface area (TPSA) is 65.2 Å². The maximum Gasteiger partial charge on any atom is 0.311 e. The molecule has 0 aliphatic heterocycles. The Labute approximate surface area is 120 Å². The third-order valence-electron chi connectivity index (χ3n) is 2.55. The van der Waals surface area contributed by atoms with Crippen LogP contribution in [0.5, 0.6) is 0 Å². The van der Waals surface area contributed by atoms with Gasteiger partial charge in [0.25, 0.3) is 0 Å². The maximum absolute atomic E-state index is 11.5. The molecule has 6 heteroatoms. The molecule has 2 aromatic rings. The third kappa shape index (κ3) is 3.24. The summed E-state index contributed by atoms with van der Waals surface area (Å²) in [4.78, 5) is 16.5. The number of ether oxygens (including phenoxy) is 1. The second-order valence-electron chi connectivity index (χ2n) is 3.83. The third-order valence-corrected chi connectivity index (χ3v) is 3.68. The van der Waals surface area contributed by atoms with Crippen molar-refractivity contribution in [3.63, 3.8) is 0 Å². The van der Waals surface area contributed by atoms with Gasteiger partial charge in [-0.2, -0.15) is 0 Å². The van der Waals surface area contributed by atoms with Crippen molar-refractivity contribution in [3.8, 4) is 11.1 Å². The Kier molecular flexibility index (Phi) is 4.39. The molecule has 0 atom stereocenters. The van der Waals surface area contributed by atoms with Crippen LogP contribution >= 0.6 is 22.9 Å². The SMILES string of the molecule is CCOC(=O)Cc1sccc1-c1cnc(Cl)cc1N. The van der Waals surface area contributed by atoms with Gasteiger partial charge in [-0.3, -0.25) is 4.79 Å². The molecule has 2 N–H and O–H groups in total. The van der Waals surface area contributed by atoms with Crippen LogP contribution in [0.1, 0.15) is 11.8 Å². The number of aromatic nitrogens is 1. The van der Waals surface area contributed by atoms with Crippen LogP contribution in [0, 0.1) is 0 Å². The van der Waals surface area contributed by atoms with Crippen molar-refractivity contribution in [2.24, 2.45) is 0 Å². The molecule has 0 aliphatic rings. The number of esters is 1. The Balaban J connectivity index is 2.31. The fraction of sp³-hybridized carbons (Fsp3) is 0.231. The molecule has 0 amide bonds. The summed E-state index contributed by atoms with van der Waals surface area (Å²) in [6, 6.07) is 3.52. The molecule has 0 bridgehead atoms. The lowest BCUT2D eigenvalue weighted by Gasteiger charge is -2.07. The first-order valence-electron chi connectivity index (χ1n) is 5.75. The second kappa shape index (κ2) is 6.04. The van der Waals surface area contributed by atoms with Crippen molar-refractivity contribution in [1.29, 1.82) is 0 Å². The number of rotatable bonds is 4. The molecule has 0 unspecified atom stereocenters. The lowest BCUT2D eigenvalue weighted by molar-refractivity contribution is -0.142. The molecule has 2 rings (SSSR count). The molecular formula is C13H13ClN2O2S. The van der Waals surface area contributed by atoms with Crippen molar-refractivity contribution in [3.05, 3.63) is 33.7 Å². The highest BCUT2D eigenvalue weighted by Gasteiger charge is 2.14. The highest BCUT2D eigenvalue weighted by atomic mass is 35.5. The van der Waals surface area contributed by atoms with E-state index in [1.807, 2.05) is 11.4 Å².